The van der Waals surface area contributed by atoms with Gasteiger partial charge in [-0.1, -0.05) is 72.4 Å². The number of nitrogens with one attached hydrogen (secondary N) is 2. The van der Waals surface area contributed by atoms with Crippen molar-refractivity contribution in [1.29, 1.82) is 0 Å². The number of hydrogen-bond acceptors (Lipinski definition) is 3. The van der Waals surface area contributed by atoms with Gasteiger partial charge in [-0.25, -0.2) is 0 Å². The smallest absolute Gasteiger partial charge is 0.313 e. The molecule has 0 radical (unpaired) electrons. The molecule has 0 aromatic heterocycles. The van der Waals surface area contributed by atoms with E-state index in [0.29, 0.717) is 12.2 Å². The average molecular weight is 362 g/mol. The molecule has 0 fully saturated rings. The van der Waals surface area contributed by atoms with Crippen LogP contribution in [0.25, 0.3) is 0 Å². The van der Waals surface area contributed by atoms with Crippen LogP contribution >= 0.6 is 11.8 Å². The molecular weight excluding hydrogens is 344 g/mol. The van der Waals surface area contributed by atoms with E-state index in [-0.39, 0.29) is 0 Å². The first-order chi connectivity index (χ1) is 12.7. The topological polar surface area (TPSA) is 58.2 Å². The van der Waals surface area contributed by atoms with Crippen LogP contribution in [-0.4, -0.2) is 11.8 Å². The Hall–Kier alpha value is -3.05. The molecule has 0 aliphatic carbocycles. The second-order valence-electron chi connectivity index (χ2n) is 5.53. The van der Waals surface area contributed by atoms with Gasteiger partial charge in [-0.3, -0.25) is 9.59 Å². The second kappa shape index (κ2) is 8.87. The van der Waals surface area contributed by atoms with E-state index in [1.165, 1.54) is 11.8 Å². The molecular formula is C21H18N2O2S. The van der Waals surface area contributed by atoms with Gasteiger partial charge in [-0.05, 0) is 29.8 Å². The third kappa shape index (κ3) is 4.97. The maximum atomic E-state index is 12.2. The lowest BCUT2D eigenvalue weighted by Gasteiger charge is -2.11. The van der Waals surface area contributed by atoms with Gasteiger partial charge in [0.25, 0.3) is 0 Å². The van der Waals surface area contributed by atoms with Crippen LogP contribution in [0.4, 0.5) is 5.69 Å². The van der Waals surface area contributed by atoms with Gasteiger partial charge in [0, 0.05) is 16.3 Å². The Morgan fingerprint density at radius 2 is 1.35 bits per heavy atom. The standard InChI is InChI=1S/C21H18N2O2S/c24-20(22-15-16-9-3-1-4-10-16)21(25)23-18-13-7-8-14-19(18)26-17-11-5-2-6-12-17/h1-14H,15H2,(H,22,24)(H,23,25). The fourth-order valence-corrected chi connectivity index (χ4v) is 3.23. The SMILES string of the molecule is O=C(NCc1ccccc1)C(=O)Nc1ccccc1Sc1ccccc1. The quantitative estimate of drug-likeness (QED) is 0.672. The van der Waals surface area contributed by atoms with E-state index in [4.69, 9.17) is 0 Å². The molecule has 0 saturated heterocycles. The van der Waals surface area contributed by atoms with Gasteiger partial charge in [-0.2, -0.15) is 0 Å². The van der Waals surface area contributed by atoms with Crippen LogP contribution in [0.2, 0.25) is 0 Å². The largest absolute Gasteiger partial charge is 0.344 e. The lowest BCUT2D eigenvalue weighted by atomic mass is 10.2. The number of rotatable bonds is 5. The van der Waals surface area contributed by atoms with Crippen LogP contribution in [0.5, 0.6) is 0 Å². The first-order valence-electron chi connectivity index (χ1n) is 8.17. The highest BCUT2D eigenvalue weighted by Gasteiger charge is 2.15. The summed E-state index contributed by atoms with van der Waals surface area (Å²) in [5, 5.41) is 5.33. The molecule has 2 amide bonds. The van der Waals surface area contributed by atoms with Crippen molar-refractivity contribution in [3.8, 4) is 0 Å². The fraction of sp³-hybridized carbons (Fsp3) is 0.0476. The summed E-state index contributed by atoms with van der Waals surface area (Å²) in [4.78, 5) is 26.2. The van der Waals surface area contributed by atoms with Gasteiger partial charge in [0.05, 0.1) is 5.69 Å². The number of para-hydroxylation sites is 1. The van der Waals surface area contributed by atoms with Crippen LogP contribution in [0, 0.1) is 0 Å². The van der Waals surface area contributed by atoms with Crippen LogP contribution in [0.1, 0.15) is 5.56 Å². The summed E-state index contributed by atoms with van der Waals surface area (Å²) in [5.74, 6) is -1.34. The molecule has 0 unspecified atom stereocenters. The van der Waals surface area contributed by atoms with Crippen LogP contribution in [-0.2, 0) is 16.1 Å². The van der Waals surface area contributed by atoms with Crippen LogP contribution in [0.3, 0.4) is 0 Å². The molecule has 130 valence electrons. The van der Waals surface area contributed by atoms with Crippen molar-refractivity contribution in [2.24, 2.45) is 0 Å². The Balaban J connectivity index is 1.63. The number of hydrogen-bond donors (Lipinski definition) is 2. The van der Waals surface area contributed by atoms with Gasteiger partial charge in [0.2, 0.25) is 0 Å². The molecule has 4 nitrogen and oxygen atoms in total. The van der Waals surface area contributed by atoms with Gasteiger partial charge in [-0.15, -0.1) is 0 Å². The second-order valence-corrected chi connectivity index (χ2v) is 6.65. The highest BCUT2D eigenvalue weighted by Crippen LogP contribution is 2.33. The normalized spacial score (nSPS) is 10.2. The Morgan fingerprint density at radius 3 is 2.08 bits per heavy atom. The van der Waals surface area contributed by atoms with Crippen molar-refractivity contribution in [3.05, 3.63) is 90.5 Å². The maximum Gasteiger partial charge on any atom is 0.313 e. The molecule has 3 rings (SSSR count). The Bertz CT molecular complexity index is 883. The number of amides is 2. The van der Waals surface area contributed by atoms with Crippen molar-refractivity contribution in [3.63, 3.8) is 0 Å². The number of carbonyl (C=O) groups is 2. The Morgan fingerprint density at radius 1 is 0.731 bits per heavy atom. The molecule has 0 heterocycles. The highest BCUT2D eigenvalue weighted by atomic mass is 32.2. The van der Waals surface area contributed by atoms with Crippen LogP contribution in [0.15, 0.2) is 94.7 Å². The van der Waals surface area contributed by atoms with E-state index < -0.39 is 11.8 Å². The first-order valence-corrected chi connectivity index (χ1v) is 8.99. The molecule has 0 bridgehead atoms. The molecule has 3 aromatic carbocycles. The molecule has 0 saturated carbocycles. The van der Waals surface area contributed by atoms with E-state index >= 15 is 0 Å². The average Bonchev–Trinajstić information content (AvgIpc) is 2.69. The first kappa shape index (κ1) is 17.8. The maximum absolute atomic E-state index is 12.2. The zero-order valence-corrected chi connectivity index (χ0v) is 14.8. The minimum atomic E-state index is -0.679. The Labute approximate surface area is 156 Å². The van der Waals surface area contributed by atoms with E-state index in [1.807, 2.05) is 78.9 Å². The summed E-state index contributed by atoms with van der Waals surface area (Å²) in [7, 11) is 0. The van der Waals surface area contributed by atoms with Gasteiger partial charge < -0.3 is 10.6 Å². The summed E-state index contributed by atoms with van der Waals surface area (Å²) >= 11 is 1.53. The fourth-order valence-electron chi connectivity index (χ4n) is 2.31. The summed E-state index contributed by atoms with van der Waals surface area (Å²) < 4.78 is 0. The van der Waals surface area contributed by atoms with Gasteiger partial charge in [0.1, 0.15) is 0 Å². The lowest BCUT2D eigenvalue weighted by Crippen LogP contribution is -2.35. The highest BCUT2D eigenvalue weighted by molar-refractivity contribution is 7.99. The molecule has 5 heteroatoms. The molecule has 0 aliphatic rings. The van der Waals surface area contributed by atoms with Crippen molar-refractivity contribution >= 4 is 29.3 Å². The summed E-state index contributed by atoms with van der Waals surface area (Å²) in [6, 6.07) is 26.7. The predicted octanol–water partition coefficient (Wildman–Crippen LogP) is 4.09. The van der Waals surface area contributed by atoms with Crippen molar-refractivity contribution in [2.45, 2.75) is 16.3 Å². The van der Waals surface area contributed by atoms with Crippen molar-refractivity contribution in [2.75, 3.05) is 5.32 Å². The molecule has 0 aliphatic heterocycles. The zero-order valence-electron chi connectivity index (χ0n) is 14.0. The predicted molar refractivity (Wildman–Crippen MR) is 104 cm³/mol. The van der Waals surface area contributed by atoms with Crippen molar-refractivity contribution in [1.82, 2.24) is 5.32 Å². The van der Waals surface area contributed by atoms with Crippen molar-refractivity contribution < 1.29 is 9.59 Å². The third-order valence-electron chi connectivity index (χ3n) is 3.61. The molecule has 3 aromatic rings. The summed E-state index contributed by atoms with van der Waals surface area (Å²) in [6.07, 6.45) is 0. The summed E-state index contributed by atoms with van der Waals surface area (Å²) in [5.41, 5.74) is 1.55. The molecule has 2 N–H and O–H groups in total. The van der Waals surface area contributed by atoms with E-state index in [2.05, 4.69) is 10.6 Å². The number of benzene rings is 3. The number of anilines is 1. The number of carbonyl (C=O) groups excluding carboxylic acids is 2. The minimum Gasteiger partial charge on any atom is -0.344 e. The minimum absolute atomic E-state index is 0.313. The Kier molecular flexibility index (Phi) is 6.06. The van der Waals surface area contributed by atoms with E-state index in [9.17, 15) is 9.59 Å². The molecule has 26 heavy (non-hydrogen) atoms. The van der Waals surface area contributed by atoms with Gasteiger partial charge in [0.15, 0.2) is 0 Å². The summed E-state index contributed by atoms with van der Waals surface area (Å²) in [6.45, 7) is 0.313. The third-order valence-corrected chi connectivity index (χ3v) is 4.69. The monoisotopic (exact) mass is 362 g/mol. The van der Waals surface area contributed by atoms with Gasteiger partial charge >= 0.3 is 11.8 Å². The zero-order chi connectivity index (χ0) is 18.2. The van der Waals surface area contributed by atoms with E-state index in [1.54, 1.807) is 6.07 Å². The van der Waals surface area contributed by atoms with Crippen LogP contribution < -0.4 is 10.6 Å². The van der Waals surface area contributed by atoms with E-state index in [0.717, 1.165) is 15.4 Å². The molecule has 0 spiro atoms. The lowest BCUT2D eigenvalue weighted by molar-refractivity contribution is -0.136. The molecule has 0 atom stereocenters.